The topological polar surface area (TPSA) is 0 Å². The molecule has 138 valence electrons. The minimum atomic E-state index is -0.770. The summed E-state index contributed by atoms with van der Waals surface area (Å²) in [6, 6.07) is 39.3. The molecule has 0 saturated carbocycles. The molecule has 0 amide bonds. The van der Waals surface area contributed by atoms with Crippen LogP contribution in [0.25, 0.3) is 21.5 Å². The van der Waals surface area contributed by atoms with Crippen LogP contribution in [0.4, 0.5) is 0 Å². The van der Waals surface area contributed by atoms with E-state index >= 15 is 0 Å². The van der Waals surface area contributed by atoms with Crippen molar-refractivity contribution in [3.8, 4) is 0 Å². The number of hydrogen-bond donors (Lipinski definition) is 0. The normalized spacial score (nSPS) is 11.2. The van der Waals surface area contributed by atoms with Gasteiger partial charge in [0.1, 0.15) is 0 Å². The van der Waals surface area contributed by atoms with Gasteiger partial charge < -0.3 is 0 Å². The maximum Gasteiger partial charge on any atom is 0.00927 e. The van der Waals surface area contributed by atoms with E-state index in [2.05, 4.69) is 109 Å². The van der Waals surface area contributed by atoms with E-state index in [1.807, 2.05) is 5.37 Å². The van der Waals surface area contributed by atoms with Crippen molar-refractivity contribution in [2.24, 2.45) is 0 Å². The number of benzene rings is 5. The molecule has 0 atom stereocenters. The molecular formula is C27H19PS. The molecule has 5 aromatic rings. The fraction of sp³-hybridized carbons (Fsp3) is 0. The molecule has 0 aliphatic heterocycles. The highest BCUT2D eigenvalue weighted by atomic mass is 32.1. The summed E-state index contributed by atoms with van der Waals surface area (Å²) >= 11 is 5.40. The molecule has 2 heteroatoms. The standard InChI is InChI=1S/C27H19PS/c29-19-22-11-3-6-16-25(22)28(26-17-7-12-20-9-1-4-14-23(20)26)27-18-8-13-21-10-2-5-15-24(21)27/h1-19H. The van der Waals surface area contributed by atoms with Gasteiger partial charge in [0.15, 0.2) is 0 Å². The highest BCUT2D eigenvalue weighted by Gasteiger charge is 2.22. The molecule has 0 unspecified atom stereocenters. The molecule has 0 spiro atoms. The number of hydrogen-bond acceptors (Lipinski definition) is 1. The van der Waals surface area contributed by atoms with Crippen LogP contribution < -0.4 is 15.9 Å². The van der Waals surface area contributed by atoms with Crippen LogP contribution in [-0.4, -0.2) is 5.37 Å². The Morgan fingerprint density at radius 2 is 0.931 bits per heavy atom. The van der Waals surface area contributed by atoms with Crippen molar-refractivity contribution in [3.05, 3.63) is 115 Å². The van der Waals surface area contributed by atoms with E-state index in [-0.39, 0.29) is 0 Å². The van der Waals surface area contributed by atoms with Crippen molar-refractivity contribution >= 4 is 63.0 Å². The van der Waals surface area contributed by atoms with Crippen molar-refractivity contribution in [1.82, 2.24) is 0 Å². The SMILES string of the molecule is S=Cc1ccccc1P(c1cccc2ccccc12)c1cccc2ccccc12. The smallest absolute Gasteiger partial charge is 0.00927 e. The Hall–Kier alpha value is -2.86. The largest absolute Gasteiger partial charge is 0.0881 e. The van der Waals surface area contributed by atoms with Gasteiger partial charge in [-0.1, -0.05) is 121 Å². The van der Waals surface area contributed by atoms with Crippen LogP contribution in [0, 0.1) is 0 Å². The zero-order valence-corrected chi connectivity index (χ0v) is 17.5. The van der Waals surface area contributed by atoms with Crippen molar-refractivity contribution in [3.63, 3.8) is 0 Å². The van der Waals surface area contributed by atoms with E-state index in [9.17, 15) is 0 Å². The maximum atomic E-state index is 5.40. The first-order valence-electron chi connectivity index (χ1n) is 9.67. The average Bonchev–Trinajstić information content (AvgIpc) is 2.80. The Kier molecular flexibility index (Phi) is 4.94. The molecule has 0 fully saturated rings. The zero-order chi connectivity index (χ0) is 19.6. The highest BCUT2D eigenvalue weighted by Crippen LogP contribution is 2.38. The molecule has 0 heterocycles. The first-order chi connectivity index (χ1) is 14.4. The van der Waals surface area contributed by atoms with Gasteiger partial charge in [0.2, 0.25) is 0 Å². The lowest BCUT2D eigenvalue weighted by molar-refractivity contribution is 1.74. The lowest BCUT2D eigenvalue weighted by Crippen LogP contribution is -2.24. The monoisotopic (exact) mass is 406 g/mol. The second-order valence-electron chi connectivity index (χ2n) is 7.01. The fourth-order valence-electron chi connectivity index (χ4n) is 3.99. The van der Waals surface area contributed by atoms with E-state index in [4.69, 9.17) is 12.2 Å². The van der Waals surface area contributed by atoms with Gasteiger partial charge in [0.25, 0.3) is 0 Å². The van der Waals surface area contributed by atoms with Crippen molar-refractivity contribution in [1.29, 1.82) is 0 Å². The number of fused-ring (bicyclic) bond motifs is 2. The van der Waals surface area contributed by atoms with Crippen LogP contribution in [0.1, 0.15) is 5.56 Å². The third-order valence-electron chi connectivity index (χ3n) is 5.32. The Balaban J connectivity index is 1.89. The van der Waals surface area contributed by atoms with E-state index in [1.54, 1.807) is 0 Å². The van der Waals surface area contributed by atoms with Gasteiger partial charge in [0.05, 0.1) is 0 Å². The van der Waals surface area contributed by atoms with Gasteiger partial charge >= 0.3 is 0 Å². The summed E-state index contributed by atoms with van der Waals surface area (Å²) in [6.07, 6.45) is 0. The minimum Gasteiger partial charge on any atom is -0.0881 e. The molecular weight excluding hydrogens is 387 g/mol. The van der Waals surface area contributed by atoms with Gasteiger partial charge in [-0.2, -0.15) is 0 Å². The molecule has 0 N–H and O–H groups in total. The summed E-state index contributed by atoms with van der Waals surface area (Å²) in [7, 11) is -0.770. The van der Waals surface area contributed by atoms with Crippen molar-refractivity contribution in [2.75, 3.05) is 0 Å². The summed E-state index contributed by atoms with van der Waals surface area (Å²) in [6.45, 7) is 0. The Labute approximate surface area is 177 Å². The first-order valence-corrected chi connectivity index (χ1v) is 11.5. The van der Waals surface area contributed by atoms with Crippen molar-refractivity contribution in [2.45, 2.75) is 0 Å². The predicted octanol–water partition coefficient (Wildman–Crippen LogP) is 6.10. The summed E-state index contributed by atoms with van der Waals surface area (Å²) < 4.78 is 0. The van der Waals surface area contributed by atoms with Crippen LogP contribution in [0.15, 0.2) is 109 Å². The van der Waals surface area contributed by atoms with Gasteiger partial charge in [-0.15, -0.1) is 0 Å². The molecule has 0 aliphatic rings. The van der Waals surface area contributed by atoms with Crippen LogP contribution in [0.5, 0.6) is 0 Å². The van der Waals surface area contributed by atoms with E-state index in [0.717, 1.165) is 5.56 Å². The Bertz CT molecular complexity index is 1250. The summed E-state index contributed by atoms with van der Waals surface area (Å²) in [4.78, 5) is 0. The summed E-state index contributed by atoms with van der Waals surface area (Å²) in [5.41, 5.74) is 1.13. The summed E-state index contributed by atoms with van der Waals surface area (Å²) in [5, 5.41) is 11.1. The van der Waals surface area contributed by atoms with E-state index in [0.29, 0.717) is 0 Å². The average molecular weight is 406 g/mol. The zero-order valence-electron chi connectivity index (χ0n) is 15.8. The van der Waals surface area contributed by atoms with Crippen LogP contribution in [0.3, 0.4) is 0 Å². The van der Waals surface area contributed by atoms with Gasteiger partial charge in [-0.05, 0) is 50.9 Å². The van der Waals surface area contributed by atoms with Crippen LogP contribution in [-0.2, 0) is 0 Å². The minimum absolute atomic E-state index is 0.770. The predicted molar refractivity (Wildman–Crippen MR) is 133 cm³/mol. The molecule has 0 bridgehead atoms. The fourth-order valence-corrected chi connectivity index (χ4v) is 7.05. The molecule has 0 nitrogen and oxygen atoms in total. The molecule has 29 heavy (non-hydrogen) atoms. The van der Waals surface area contributed by atoms with E-state index in [1.165, 1.54) is 37.5 Å². The molecule has 0 saturated heterocycles. The van der Waals surface area contributed by atoms with Gasteiger partial charge in [-0.25, -0.2) is 0 Å². The molecule has 5 rings (SSSR count). The van der Waals surface area contributed by atoms with Crippen molar-refractivity contribution < 1.29 is 0 Å². The second kappa shape index (κ2) is 7.87. The Morgan fingerprint density at radius 1 is 0.483 bits per heavy atom. The molecule has 5 aromatic carbocycles. The van der Waals surface area contributed by atoms with Gasteiger partial charge in [-0.3, -0.25) is 0 Å². The number of thiocarbonyl (C=S) groups is 1. The van der Waals surface area contributed by atoms with E-state index < -0.39 is 7.92 Å². The maximum absolute atomic E-state index is 5.40. The lowest BCUT2D eigenvalue weighted by Gasteiger charge is -2.24. The second-order valence-corrected chi connectivity index (χ2v) is 9.36. The third-order valence-corrected chi connectivity index (χ3v) is 8.21. The summed E-state index contributed by atoms with van der Waals surface area (Å²) in [5.74, 6) is 0. The third kappa shape index (κ3) is 3.27. The number of rotatable bonds is 4. The molecule has 0 aliphatic carbocycles. The highest BCUT2D eigenvalue weighted by molar-refractivity contribution is 7.81. The first kappa shape index (κ1) is 18.2. The lowest BCUT2D eigenvalue weighted by atomic mass is 10.1. The van der Waals surface area contributed by atoms with Gasteiger partial charge in [0, 0.05) is 5.37 Å². The quantitative estimate of drug-likeness (QED) is 0.257. The van der Waals surface area contributed by atoms with Crippen LogP contribution in [0.2, 0.25) is 0 Å². The Morgan fingerprint density at radius 3 is 1.52 bits per heavy atom. The molecule has 0 aromatic heterocycles. The van der Waals surface area contributed by atoms with Crippen LogP contribution >= 0.6 is 20.1 Å². The molecule has 0 radical (unpaired) electrons.